The van der Waals surface area contributed by atoms with Crippen LogP contribution in [0.3, 0.4) is 0 Å². The van der Waals surface area contributed by atoms with Crippen molar-refractivity contribution in [3.8, 4) is 10.8 Å². The highest BCUT2D eigenvalue weighted by atomic mass is 79.9. The molecular formula is C21H16BrN3O3S. The summed E-state index contributed by atoms with van der Waals surface area (Å²) in [5.74, 6) is 0.188. The fraction of sp³-hybridized carbons (Fsp3) is 0.0952. The molecule has 2 aromatic heterocycles. The number of fused-ring (bicyclic) bond motifs is 1. The molecule has 0 bridgehead atoms. The van der Waals surface area contributed by atoms with Crippen LogP contribution in [0, 0.1) is 0 Å². The highest BCUT2D eigenvalue weighted by Crippen LogP contribution is 2.31. The first-order chi connectivity index (χ1) is 14.1. The monoisotopic (exact) mass is 469 g/mol. The molecule has 0 aliphatic carbocycles. The normalized spacial score (nSPS) is 10.8. The van der Waals surface area contributed by atoms with Crippen molar-refractivity contribution in [1.82, 2.24) is 10.3 Å². The molecule has 0 unspecified atom stereocenters. The molecule has 0 aliphatic rings. The summed E-state index contributed by atoms with van der Waals surface area (Å²) < 4.78 is 7.65. The Bertz CT molecular complexity index is 1130. The van der Waals surface area contributed by atoms with Crippen molar-refractivity contribution >= 4 is 55.0 Å². The third-order valence-corrected chi connectivity index (χ3v) is 5.68. The summed E-state index contributed by atoms with van der Waals surface area (Å²) in [5.41, 5.74) is 1.60. The van der Waals surface area contributed by atoms with Crippen LogP contribution < -0.4 is 10.6 Å². The summed E-state index contributed by atoms with van der Waals surface area (Å²) in [6, 6.07) is 18.4. The Labute approximate surface area is 179 Å². The summed E-state index contributed by atoms with van der Waals surface area (Å²) in [6.07, 6.45) is 0.160. The lowest BCUT2D eigenvalue weighted by atomic mass is 10.3. The SMILES string of the molecule is O=C(CCNC(=O)c1ccc(-c2nc3ccccc3s2)o1)Nc1ccc(Br)cc1. The van der Waals surface area contributed by atoms with Gasteiger partial charge in [0.05, 0.1) is 10.2 Å². The zero-order chi connectivity index (χ0) is 20.2. The van der Waals surface area contributed by atoms with Crippen LogP contribution in [0.5, 0.6) is 0 Å². The smallest absolute Gasteiger partial charge is 0.287 e. The first kappa shape index (κ1) is 19.4. The lowest BCUT2D eigenvalue weighted by Crippen LogP contribution is -2.27. The number of aromatic nitrogens is 1. The van der Waals surface area contributed by atoms with E-state index in [1.807, 2.05) is 36.4 Å². The molecule has 2 N–H and O–H groups in total. The lowest BCUT2D eigenvalue weighted by Gasteiger charge is -2.06. The van der Waals surface area contributed by atoms with Gasteiger partial charge in [0, 0.05) is 23.1 Å². The zero-order valence-corrected chi connectivity index (χ0v) is 17.5. The molecule has 146 valence electrons. The molecule has 0 radical (unpaired) electrons. The van der Waals surface area contributed by atoms with Gasteiger partial charge in [-0.25, -0.2) is 4.98 Å². The molecule has 0 fully saturated rings. The number of carbonyl (C=O) groups is 2. The Hall–Kier alpha value is -2.97. The Morgan fingerprint density at radius 1 is 1.03 bits per heavy atom. The molecule has 2 amide bonds. The number of para-hydroxylation sites is 1. The number of halogens is 1. The number of benzene rings is 2. The Morgan fingerprint density at radius 3 is 2.62 bits per heavy atom. The van der Waals surface area contributed by atoms with Gasteiger partial charge in [-0.15, -0.1) is 11.3 Å². The lowest BCUT2D eigenvalue weighted by molar-refractivity contribution is -0.116. The highest BCUT2D eigenvalue weighted by molar-refractivity contribution is 9.10. The number of carbonyl (C=O) groups excluding carboxylic acids is 2. The number of amides is 2. The summed E-state index contributed by atoms with van der Waals surface area (Å²) >= 11 is 4.85. The van der Waals surface area contributed by atoms with Crippen molar-refractivity contribution in [1.29, 1.82) is 0 Å². The number of hydrogen-bond acceptors (Lipinski definition) is 5. The van der Waals surface area contributed by atoms with Crippen molar-refractivity contribution in [2.45, 2.75) is 6.42 Å². The van der Waals surface area contributed by atoms with Gasteiger partial charge in [-0.1, -0.05) is 28.1 Å². The molecule has 4 aromatic rings. The number of anilines is 1. The summed E-state index contributed by atoms with van der Waals surface area (Å²) in [4.78, 5) is 28.8. The molecule has 29 heavy (non-hydrogen) atoms. The number of thiazole rings is 1. The fourth-order valence-corrected chi connectivity index (χ4v) is 3.88. The number of hydrogen-bond donors (Lipinski definition) is 2. The molecule has 0 atom stereocenters. The van der Waals surface area contributed by atoms with E-state index in [0.717, 1.165) is 19.7 Å². The second-order valence-corrected chi connectivity index (χ2v) is 8.16. The molecule has 2 aromatic carbocycles. The second-order valence-electron chi connectivity index (χ2n) is 6.21. The van der Waals surface area contributed by atoms with E-state index in [1.54, 1.807) is 24.3 Å². The number of nitrogens with one attached hydrogen (secondary N) is 2. The minimum atomic E-state index is -0.367. The van der Waals surface area contributed by atoms with E-state index in [1.165, 1.54) is 11.3 Å². The van der Waals surface area contributed by atoms with E-state index in [4.69, 9.17) is 4.42 Å². The molecule has 2 heterocycles. The maximum Gasteiger partial charge on any atom is 0.287 e. The van der Waals surface area contributed by atoms with Crippen molar-refractivity contribution in [2.75, 3.05) is 11.9 Å². The molecule has 6 nitrogen and oxygen atoms in total. The molecule has 8 heteroatoms. The fourth-order valence-electron chi connectivity index (χ4n) is 2.69. The molecule has 4 rings (SSSR count). The van der Waals surface area contributed by atoms with E-state index in [-0.39, 0.29) is 30.5 Å². The van der Waals surface area contributed by atoms with Gasteiger partial charge < -0.3 is 15.1 Å². The average Bonchev–Trinajstić information content (AvgIpc) is 3.36. The quantitative estimate of drug-likeness (QED) is 0.412. The van der Waals surface area contributed by atoms with Crippen LogP contribution in [0.25, 0.3) is 21.0 Å². The first-order valence-corrected chi connectivity index (χ1v) is 10.5. The molecule has 0 aliphatic heterocycles. The molecule has 0 saturated heterocycles. The molecular weight excluding hydrogens is 454 g/mol. The maximum absolute atomic E-state index is 12.3. The van der Waals surface area contributed by atoms with E-state index < -0.39 is 0 Å². The zero-order valence-electron chi connectivity index (χ0n) is 15.1. The standard InChI is InChI=1S/C21H16BrN3O3S/c22-13-5-7-14(8-6-13)24-19(26)11-12-23-20(27)16-9-10-17(28-16)21-25-15-3-1-2-4-18(15)29-21/h1-10H,11-12H2,(H,23,27)(H,24,26). The Balaban J connectivity index is 1.31. The minimum Gasteiger partial charge on any atom is -0.448 e. The summed E-state index contributed by atoms with van der Waals surface area (Å²) in [5, 5.41) is 6.20. The van der Waals surface area contributed by atoms with Crippen molar-refractivity contribution in [2.24, 2.45) is 0 Å². The minimum absolute atomic E-state index is 0.160. The second kappa shape index (κ2) is 8.59. The average molecular weight is 470 g/mol. The molecule has 0 saturated carbocycles. The Kier molecular flexibility index (Phi) is 5.73. The third kappa shape index (κ3) is 4.72. The van der Waals surface area contributed by atoms with Crippen LogP contribution in [0.4, 0.5) is 5.69 Å². The summed E-state index contributed by atoms with van der Waals surface area (Å²) in [6.45, 7) is 0.207. The van der Waals surface area contributed by atoms with Crippen LogP contribution >= 0.6 is 27.3 Å². The van der Waals surface area contributed by atoms with Crippen molar-refractivity contribution in [3.63, 3.8) is 0 Å². The summed E-state index contributed by atoms with van der Waals surface area (Å²) in [7, 11) is 0. The number of furan rings is 1. The van der Waals surface area contributed by atoms with E-state index in [2.05, 4.69) is 31.5 Å². The Morgan fingerprint density at radius 2 is 1.83 bits per heavy atom. The number of rotatable bonds is 6. The van der Waals surface area contributed by atoms with E-state index in [0.29, 0.717) is 11.4 Å². The third-order valence-electron chi connectivity index (χ3n) is 4.10. The van der Waals surface area contributed by atoms with Gasteiger partial charge in [0.1, 0.15) is 0 Å². The topological polar surface area (TPSA) is 84.2 Å². The molecule has 0 spiro atoms. The van der Waals surface area contributed by atoms with Crippen LogP contribution in [0.2, 0.25) is 0 Å². The van der Waals surface area contributed by atoms with Gasteiger partial charge in [0.2, 0.25) is 5.91 Å². The predicted octanol–water partition coefficient (Wildman–Crippen LogP) is 5.08. The van der Waals surface area contributed by atoms with Crippen LogP contribution in [-0.4, -0.2) is 23.3 Å². The van der Waals surface area contributed by atoms with Gasteiger partial charge >= 0.3 is 0 Å². The predicted molar refractivity (Wildman–Crippen MR) is 117 cm³/mol. The van der Waals surface area contributed by atoms with Crippen LogP contribution in [0.1, 0.15) is 17.0 Å². The highest BCUT2D eigenvalue weighted by Gasteiger charge is 2.15. The van der Waals surface area contributed by atoms with Gasteiger partial charge in [0.15, 0.2) is 16.5 Å². The van der Waals surface area contributed by atoms with Crippen LogP contribution in [0.15, 0.2) is 69.6 Å². The van der Waals surface area contributed by atoms with Crippen LogP contribution in [-0.2, 0) is 4.79 Å². The van der Waals surface area contributed by atoms with Gasteiger partial charge in [-0.2, -0.15) is 0 Å². The number of nitrogens with zero attached hydrogens (tertiary/aromatic N) is 1. The van der Waals surface area contributed by atoms with Crippen molar-refractivity contribution in [3.05, 3.63) is 70.9 Å². The van der Waals surface area contributed by atoms with Gasteiger partial charge in [-0.05, 0) is 48.5 Å². The van der Waals surface area contributed by atoms with E-state index >= 15 is 0 Å². The van der Waals surface area contributed by atoms with Gasteiger partial charge in [0.25, 0.3) is 5.91 Å². The maximum atomic E-state index is 12.3. The largest absolute Gasteiger partial charge is 0.448 e. The van der Waals surface area contributed by atoms with E-state index in [9.17, 15) is 9.59 Å². The van der Waals surface area contributed by atoms with Crippen molar-refractivity contribution < 1.29 is 14.0 Å². The van der Waals surface area contributed by atoms with Gasteiger partial charge in [-0.3, -0.25) is 9.59 Å². The first-order valence-electron chi connectivity index (χ1n) is 8.88.